The molecular weight excluding hydrogens is 332 g/mol. The molecular formula is C20H22N2O2S. The summed E-state index contributed by atoms with van der Waals surface area (Å²) in [5, 5.41) is 2.98. The monoisotopic (exact) mass is 354 g/mol. The van der Waals surface area contributed by atoms with Crippen molar-refractivity contribution < 1.29 is 9.59 Å². The van der Waals surface area contributed by atoms with Crippen LogP contribution in [0.5, 0.6) is 0 Å². The maximum Gasteiger partial charge on any atom is 0.251 e. The Bertz CT molecular complexity index is 777. The van der Waals surface area contributed by atoms with Crippen molar-refractivity contribution in [2.24, 2.45) is 0 Å². The van der Waals surface area contributed by atoms with Gasteiger partial charge in [0.05, 0.1) is 18.0 Å². The number of fused-ring (bicyclic) bond motifs is 1. The van der Waals surface area contributed by atoms with Gasteiger partial charge in [-0.05, 0) is 37.1 Å². The summed E-state index contributed by atoms with van der Waals surface area (Å²) in [6, 6.07) is 15.6. The largest absolute Gasteiger partial charge is 0.350 e. The van der Waals surface area contributed by atoms with Crippen LogP contribution >= 0.6 is 11.8 Å². The van der Waals surface area contributed by atoms with Crippen molar-refractivity contribution in [3.63, 3.8) is 0 Å². The molecule has 0 unspecified atom stereocenters. The Morgan fingerprint density at radius 1 is 1.24 bits per heavy atom. The lowest BCUT2D eigenvalue weighted by Gasteiger charge is -2.29. The van der Waals surface area contributed by atoms with Crippen molar-refractivity contribution >= 4 is 29.3 Å². The third-order valence-corrected chi connectivity index (χ3v) is 5.39. The van der Waals surface area contributed by atoms with Crippen LogP contribution in [0.1, 0.15) is 36.2 Å². The summed E-state index contributed by atoms with van der Waals surface area (Å²) < 4.78 is 0. The van der Waals surface area contributed by atoms with Crippen LogP contribution in [0, 0.1) is 0 Å². The highest BCUT2D eigenvalue weighted by atomic mass is 32.2. The molecule has 0 spiro atoms. The van der Waals surface area contributed by atoms with Gasteiger partial charge in [-0.2, -0.15) is 0 Å². The molecule has 1 heterocycles. The highest BCUT2D eigenvalue weighted by molar-refractivity contribution is 8.00. The van der Waals surface area contributed by atoms with Gasteiger partial charge in [-0.15, -0.1) is 11.8 Å². The molecule has 0 radical (unpaired) electrons. The van der Waals surface area contributed by atoms with Crippen LogP contribution in [-0.4, -0.2) is 23.6 Å². The van der Waals surface area contributed by atoms with Crippen LogP contribution in [0.2, 0.25) is 0 Å². The molecule has 2 amide bonds. The molecule has 0 aromatic heterocycles. The molecule has 0 saturated heterocycles. The Balaban J connectivity index is 1.89. The minimum absolute atomic E-state index is 0.0702. The summed E-state index contributed by atoms with van der Waals surface area (Å²) >= 11 is 1.53. The molecule has 1 atom stereocenters. The zero-order valence-electron chi connectivity index (χ0n) is 14.5. The van der Waals surface area contributed by atoms with Crippen LogP contribution in [0.15, 0.2) is 53.4 Å². The number of nitrogens with one attached hydrogen (secondary N) is 1. The molecule has 1 N–H and O–H groups in total. The van der Waals surface area contributed by atoms with E-state index in [9.17, 15) is 9.59 Å². The lowest BCUT2D eigenvalue weighted by atomic mass is 10.1. The number of hydrogen-bond donors (Lipinski definition) is 1. The molecule has 130 valence electrons. The van der Waals surface area contributed by atoms with E-state index in [-0.39, 0.29) is 17.9 Å². The first-order valence-electron chi connectivity index (χ1n) is 8.50. The third kappa shape index (κ3) is 4.04. The SMILES string of the molecule is CC[C@@H](C)NC(=O)c1ccc2c(c1)N(Cc1ccccc1)C(=O)CS2. The van der Waals surface area contributed by atoms with E-state index < -0.39 is 0 Å². The predicted octanol–water partition coefficient (Wildman–Crippen LogP) is 3.85. The minimum atomic E-state index is -0.0974. The van der Waals surface area contributed by atoms with Crippen LogP contribution < -0.4 is 10.2 Å². The fourth-order valence-electron chi connectivity index (χ4n) is 2.69. The second-order valence-corrected chi connectivity index (χ2v) is 7.24. The number of benzene rings is 2. The predicted molar refractivity (Wildman–Crippen MR) is 102 cm³/mol. The second-order valence-electron chi connectivity index (χ2n) is 6.22. The van der Waals surface area contributed by atoms with E-state index >= 15 is 0 Å². The normalized spacial score (nSPS) is 14.8. The molecule has 5 heteroatoms. The zero-order valence-corrected chi connectivity index (χ0v) is 15.3. The van der Waals surface area contributed by atoms with Gasteiger partial charge >= 0.3 is 0 Å². The topological polar surface area (TPSA) is 49.4 Å². The van der Waals surface area contributed by atoms with Crippen LogP contribution in [-0.2, 0) is 11.3 Å². The molecule has 1 aliphatic rings. The van der Waals surface area contributed by atoms with Gasteiger partial charge < -0.3 is 10.2 Å². The van der Waals surface area contributed by atoms with E-state index in [1.165, 1.54) is 11.8 Å². The molecule has 2 aromatic carbocycles. The number of hydrogen-bond acceptors (Lipinski definition) is 3. The smallest absolute Gasteiger partial charge is 0.251 e. The first kappa shape index (κ1) is 17.5. The molecule has 25 heavy (non-hydrogen) atoms. The Kier molecular flexibility index (Phi) is 5.43. The van der Waals surface area contributed by atoms with Gasteiger partial charge in [-0.1, -0.05) is 37.3 Å². The first-order valence-corrected chi connectivity index (χ1v) is 9.49. The average molecular weight is 354 g/mol. The van der Waals surface area contributed by atoms with Crippen molar-refractivity contribution in [2.45, 2.75) is 37.8 Å². The van der Waals surface area contributed by atoms with E-state index in [1.54, 1.807) is 4.90 Å². The Morgan fingerprint density at radius 2 is 2.00 bits per heavy atom. The fraction of sp³-hybridized carbons (Fsp3) is 0.300. The molecule has 0 bridgehead atoms. The average Bonchev–Trinajstić information content (AvgIpc) is 2.64. The van der Waals surface area contributed by atoms with Gasteiger partial charge in [-0.25, -0.2) is 0 Å². The zero-order chi connectivity index (χ0) is 17.8. The summed E-state index contributed by atoms with van der Waals surface area (Å²) in [5.74, 6) is 0.402. The minimum Gasteiger partial charge on any atom is -0.350 e. The van der Waals surface area contributed by atoms with Gasteiger partial charge in [0.2, 0.25) is 5.91 Å². The Labute approximate surface area is 152 Å². The van der Waals surface area contributed by atoms with Gasteiger partial charge in [0.25, 0.3) is 5.91 Å². The van der Waals surface area contributed by atoms with Crippen LogP contribution in [0.25, 0.3) is 0 Å². The third-order valence-electron chi connectivity index (χ3n) is 4.34. The standard InChI is InChI=1S/C20H22N2O2S/c1-3-14(2)21-20(24)16-9-10-18-17(11-16)22(19(23)13-25-18)12-15-7-5-4-6-8-15/h4-11,14H,3,12-13H2,1-2H3,(H,21,24)/t14-/m1/s1. The first-order chi connectivity index (χ1) is 12.1. The fourth-order valence-corrected chi connectivity index (χ4v) is 3.61. The number of thioether (sulfide) groups is 1. The molecule has 0 saturated carbocycles. The number of anilines is 1. The highest BCUT2D eigenvalue weighted by Crippen LogP contribution is 2.36. The highest BCUT2D eigenvalue weighted by Gasteiger charge is 2.26. The summed E-state index contributed by atoms with van der Waals surface area (Å²) in [5.41, 5.74) is 2.48. The Morgan fingerprint density at radius 3 is 2.72 bits per heavy atom. The molecule has 0 fully saturated rings. The molecule has 4 nitrogen and oxygen atoms in total. The second kappa shape index (κ2) is 7.74. The van der Waals surface area contributed by atoms with Gasteiger partial charge in [-0.3, -0.25) is 9.59 Å². The summed E-state index contributed by atoms with van der Waals surface area (Å²) in [4.78, 5) is 27.7. The van der Waals surface area contributed by atoms with Crippen LogP contribution in [0.4, 0.5) is 5.69 Å². The number of carbonyl (C=O) groups excluding carboxylic acids is 2. The lowest BCUT2D eigenvalue weighted by molar-refractivity contribution is -0.116. The van der Waals surface area contributed by atoms with Gasteiger partial charge in [0.15, 0.2) is 0 Å². The maximum absolute atomic E-state index is 12.5. The van der Waals surface area contributed by atoms with Crippen molar-refractivity contribution in [1.82, 2.24) is 5.32 Å². The van der Waals surface area contributed by atoms with E-state index in [2.05, 4.69) is 5.32 Å². The van der Waals surface area contributed by atoms with Crippen LogP contribution in [0.3, 0.4) is 0 Å². The van der Waals surface area contributed by atoms with E-state index in [1.807, 2.05) is 62.4 Å². The van der Waals surface area contributed by atoms with E-state index in [4.69, 9.17) is 0 Å². The number of nitrogens with zero attached hydrogens (tertiary/aromatic N) is 1. The molecule has 0 aliphatic carbocycles. The number of rotatable bonds is 5. The lowest BCUT2D eigenvalue weighted by Crippen LogP contribution is -2.35. The quantitative estimate of drug-likeness (QED) is 0.887. The summed E-state index contributed by atoms with van der Waals surface area (Å²) in [6.07, 6.45) is 0.880. The van der Waals surface area contributed by atoms with E-state index in [0.29, 0.717) is 17.9 Å². The summed E-state index contributed by atoms with van der Waals surface area (Å²) in [6.45, 7) is 4.54. The van der Waals surface area contributed by atoms with Crippen molar-refractivity contribution in [3.8, 4) is 0 Å². The van der Waals surface area contributed by atoms with Crippen molar-refractivity contribution in [2.75, 3.05) is 10.7 Å². The Hall–Kier alpha value is -2.27. The molecule has 1 aliphatic heterocycles. The molecule has 2 aromatic rings. The number of carbonyl (C=O) groups is 2. The number of amides is 2. The van der Waals surface area contributed by atoms with Gasteiger partial charge in [0.1, 0.15) is 0 Å². The molecule has 3 rings (SSSR count). The van der Waals surface area contributed by atoms with Crippen molar-refractivity contribution in [1.29, 1.82) is 0 Å². The van der Waals surface area contributed by atoms with E-state index in [0.717, 1.165) is 22.6 Å². The van der Waals surface area contributed by atoms with Crippen molar-refractivity contribution in [3.05, 3.63) is 59.7 Å². The van der Waals surface area contributed by atoms with Gasteiger partial charge in [0, 0.05) is 16.5 Å². The summed E-state index contributed by atoms with van der Waals surface area (Å²) in [7, 11) is 0. The maximum atomic E-state index is 12.5.